The largest absolute Gasteiger partial charge is 0.465 e. The molecule has 126 valence electrons. The lowest BCUT2D eigenvalue weighted by atomic mass is 9.98. The van der Waals surface area contributed by atoms with E-state index in [1.165, 1.54) is 29.6 Å². The van der Waals surface area contributed by atoms with Gasteiger partial charge in [0.2, 0.25) is 10.0 Å². The number of esters is 1. The number of nitrogens with two attached hydrogens (primary N) is 1. The molecule has 1 aromatic rings. The van der Waals surface area contributed by atoms with E-state index in [1.807, 2.05) is 0 Å². The maximum absolute atomic E-state index is 13.0. The van der Waals surface area contributed by atoms with E-state index in [2.05, 4.69) is 4.74 Å². The van der Waals surface area contributed by atoms with Gasteiger partial charge in [-0.1, -0.05) is 11.6 Å². The van der Waals surface area contributed by atoms with E-state index in [4.69, 9.17) is 17.3 Å². The number of benzene rings is 1. The Labute approximate surface area is 140 Å². The smallest absolute Gasteiger partial charge is 0.339 e. The average molecular weight is 359 g/mol. The number of rotatable bonds is 3. The second kappa shape index (κ2) is 6.05. The highest BCUT2D eigenvalue weighted by molar-refractivity contribution is 7.89. The van der Waals surface area contributed by atoms with Crippen LogP contribution < -0.4 is 5.73 Å². The predicted octanol–water partition coefficient (Wildman–Crippen LogP) is 1.48. The lowest BCUT2D eigenvalue weighted by molar-refractivity contribution is 0.0596. The summed E-state index contributed by atoms with van der Waals surface area (Å²) in [7, 11) is -2.61. The Morgan fingerprint density at radius 3 is 2.74 bits per heavy atom. The predicted molar refractivity (Wildman–Crippen MR) is 85.7 cm³/mol. The maximum atomic E-state index is 13.0. The minimum absolute atomic E-state index is 0.00161. The third-order valence-electron chi connectivity index (χ3n) is 4.85. The van der Waals surface area contributed by atoms with Crippen LogP contribution in [0, 0.1) is 11.8 Å². The van der Waals surface area contributed by atoms with Gasteiger partial charge in [-0.3, -0.25) is 0 Å². The van der Waals surface area contributed by atoms with Crippen molar-refractivity contribution in [3.63, 3.8) is 0 Å². The van der Waals surface area contributed by atoms with E-state index in [0.717, 1.165) is 12.8 Å². The van der Waals surface area contributed by atoms with Crippen LogP contribution in [-0.4, -0.2) is 44.9 Å². The summed E-state index contributed by atoms with van der Waals surface area (Å²) in [6.45, 7) is 0.828. The number of nitrogens with zero attached hydrogens (tertiary/aromatic N) is 1. The van der Waals surface area contributed by atoms with Gasteiger partial charge in [0.1, 0.15) is 0 Å². The molecule has 6 nitrogen and oxygen atoms in total. The molecular weight excluding hydrogens is 340 g/mol. The van der Waals surface area contributed by atoms with Crippen molar-refractivity contribution in [3.05, 3.63) is 28.8 Å². The number of methoxy groups -OCH3 is 1. The maximum Gasteiger partial charge on any atom is 0.339 e. The van der Waals surface area contributed by atoms with Crippen molar-refractivity contribution in [2.45, 2.75) is 23.8 Å². The lowest BCUT2D eigenvalue weighted by Crippen LogP contribution is -2.34. The average Bonchev–Trinajstić information content (AvgIpc) is 3.09. The second-order valence-electron chi connectivity index (χ2n) is 6.12. The van der Waals surface area contributed by atoms with Crippen molar-refractivity contribution in [2.75, 3.05) is 20.2 Å². The zero-order valence-corrected chi connectivity index (χ0v) is 14.3. The summed E-state index contributed by atoms with van der Waals surface area (Å²) in [6, 6.07) is 4.20. The standard InChI is InChI=1S/C15H19ClN2O4S/c1-22-15(19)11-4-3-10(16)6-14(11)23(20,21)18-7-9-2-5-13(17)12(9)8-18/h3-4,6,9,12-13H,2,5,7-8,17H2,1H3. The van der Waals surface area contributed by atoms with Crippen molar-refractivity contribution in [2.24, 2.45) is 17.6 Å². The van der Waals surface area contributed by atoms with Crippen molar-refractivity contribution in [1.29, 1.82) is 0 Å². The summed E-state index contributed by atoms with van der Waals surface area (Å²) >= 11 is 5.94. The SMILES string of the molecule is COC(=O)c1ccc(Cl)cc1S(=O)(=O)N1CC2CCC(N)C2C1. The fourth-order valence-corrected chi connectivity index (χ4v) is 5.57. The number of carbonyl (C=O) groups excluding carboxylic acids is 1. The molecule has 23 heavy (non-hydrogen) atoms. The minimum atomic E-state index is -3.82. The second-order valence-corrected chi connectivity index (χ2v) is 8.46. The van der Waals surface area contributed by atoms with E-state index >= 15 is 0 Å². The summed E-state index contributed by atoms with van der Waals surface area (Å²) in [6.07, 6.45) is 1.88. The molecular formula is C15H19ClN2O4S. The zero-order chi connectivity index (χ0) is 16.8. The Morgan fingerprint density at radius 1 is 1.35 bits per heavy atom. The van der Waals surface area contributed by atoms with Crippen LogP contribution in [0.15, 0.2) is 23.1 Å². The van der Waals surface area contributed by atoms with E-state index in [-0.39, 0.29) is 27.4 Å². The van der Waals surface area contributed by atoms with Crippen LogP contribution in [0.3, 0.4) is 0 Å². The van der Waals surface area contributed by atoms with Gasteiger partial charge < -0.3 is 10.5 Å². The van der Waals surface area contributed by atoms with Gasteiger partial charge in [0.25, 0.3) is 0 Å². The molecule has 1 heterocycles. The number of hydrogen-bond acceptors (Lipinski definition) is 5. The van der Waals surface area contributed by atoms with Gasteiger partial charge in [-0.25, -0.2) is 13.2 Å². The molecule has 3 atom stereocenters. The van der Waals surface area contributed by atoms with Crippen LogP contribution in [0.2, 0.25) is 5.02 Å². The highest BCUT2D eigenvalue weighted by Gasteiger charge is 2.45. The Morgan fingerprint density at radius 2 is 2.09 bits per heavy atom. The highest BCUT2D eigenvalue weighted by atomic mass is 35.5. The molecule has 0 radical (unpaired) electrons. The molecule has 1 aliphatic heterocycles. The Balaban J connectivity index is 1.98. The molecule has 0 aromatic heterocycles. The van der Waals surface area contributed by atoms with E-state index in [0.29, 0.717) is 19.0 Å². The van der Waals surface area contributed by atoms with Crippen LogP contribution >= 0.6 is 11.6 Å². The fraction of sp³-hybridized carbons (Fsp3) is 0.533. The van der Waals surface area contributed by atoms with Crippen LogP contribution in [-0.2, 0) is 14.8 Å². The molecule has 0 amide bonds. The molecule has 2 N–H and O–H groups in total. The van der Waals surface area contributed by atoms with Crippen molar-refractivity contribution in [1.82, 2.24) is 4.31 Å². The number of sulfonamides is 1. The number of halogens is 1. The molecule has 8 heteroatoms. The molecule has 2 fully saturated rings. The first kappa shape index (κ1) is 16.7. The Kier molecular flexibility index (Phi) is 4.39. The molecule has 3 rings (SSSR count). The van der Waals surface area contributed by atoms with Crippen LogP contribution in [0.1, 0.15) is 23.2 Å². The van der Waals surface area contributed by atoms with E-state index < -0.39 is 16.0 Å². The monoisotopic (exact) mass is 358 g/mol. The first-order chi connectivity index (χ1) is 10.8. The molecule has 3 unspecified atom stereocenters. The van der Waals surface area contributed by atoms with Gasteiger partial charge in [-0.05, 0) is 42.9 Å². The molecule has 1 aliphatic carbocycles. The summed E-state index contributed by atoms with van der Waals surface area (Å²) in [4.78, 5) is 11.8. The summed E-state index contributed by atoms with van der Waals surface area (Å²) in [5.41, 5.74) is 6.07. The van der Waals surface area contributed by atoms with Crippen molar-refractivity contribution in [3.8, 4) is 0 Å². The molecule has 2 aliphatic rings. The normalized spacial score (nSPS) is 27.9. The van der Waals surface area contributed by atoms with Gasteiger partial charge >= 0.3 is 5.97 Å². The third-order valence-corrected chi connectivity index (χ3v) is 6.95. The van der Waals surface area contributed by atoms with E-state index in [9.17, 15) is 13.2 Å². The summed E-state index contributed by atoms with van der Waals surface area (Å²) in [5.74, 6) is -0.220. The molecule has 1 saturated carbocycles. The first-order valence-corrected chi connectivity index (χ1v) is 9.30. The van der Waals surface area contributed by atoms with Crippen LogP contribution in [0.4, 0.5) is 0 Å². The molecule has 0 spiro atoms. The number of fused-ring (bicyclic) bond motifs is 1. The Hall–Kier alpha value is -1.15. The summed E-state index contributed by atoms with van der Waals surface area (Å²) < 4.78 is 32.1. The third kappa shape index (κ3) is 2.87. The number of carbonyl (C=O) groups is 1. The van der Waals surface area contributed by atoms with Gasteiger partial charge in [-0.15, -0.1) is 0 Å². The van der Waals surface area contributed by atoms with Crippen molar-refractivity contribution < 1.29 is 17.9 Å². The van der Waals surface area contributed by atoms with Gasteiger partial charge in [0.15, 0.2) is 0 Å². The van der Waals surface area contributed by atoms with Gasteiger partial charge in [0, 0.05) is 24.2 Å². The van der Waals surface area contributed by atoms with Crippen molar-refractivity contribution >= 4 is 27.6 Å². The minimum Gasteiger partial charge on any atom is -0.465 e. The molecule has 1 saturated heterocycles. The first-order valence-electron chi connectivity index (χ1n) is 7.48. The number of ether oxygens (including phenoxy) is 1. The summed E-state index contributed by atoms with van der Waals surface area (Å²) in [5, 5.41) is 0.257. The van der Waals surface area contributed by atoms with Gasteiger partial charge in [0.05, 0.1) is 17.6 Å². The zero-order valence-electron chi connectivity index (χ0n) is 12.7. The van der Waals surface area contributed by atoms with Gasteiger partial charge in [-0.2, -0.15) is 4.31 Å². The topological polar surface area (TPSA) is 89.7 Å². The molecule has 1 aromatic carbocycles. The quantitative estimate of drug-likeness (QED) is 0.827. The highest BCUT2D eigenvalue weighted by Crippen LogP contribution is 2.39. The number of hydrogen-bond donors (Lipinski definition) is 1. The van der Waals surface area contributed by atoms with Crippen LogP contribution in [0.25, 0.3) is 0 Å². The van der Waals surface area contributed by atoms with Crippen LogP contribution in [0.5, 0.6) is 0 Å². The fourth-order valence-electron chi connectivity index (χ4n) is 3.59. The molecule has 0 bridgehead atoms. The van der Waals surface area contributed by atoms with E-state index in [1.54, 1.807) is 0 Å². The lowest BCUT2D eigenvalue weighted by Gasteiger charge is -2.20. The Bertz CT molecular complexity index is 737.